The van der Waals surface area contributed by atoms with Crippen LogP contribution in [0.2, 0.25) is 0 Å². The highest BCUT2D eigenvalue weighted by Crippen LogP contribution is 2.05. The second-order valence-corrected chi connectivity index (χ2v) is 4.89. The molecule has 0 aromatic heterocycles. The van der Waals surface area contributed by atoms with Crippen molar-refractivity contribution in [3.05, 3.63) is 0 Å². The van der Waals surface area contributed by atoms with Gasteiger partial charge < -0.3 is 20.5 Å². The van der Waals surface area contributed by atoms with E-state index in [0.29, 0.717) is 12.8 Å². The second-order valence-electron chi connectivity index (χ2n) is 4.89. The van der Waals surface area contributed by atoms with Crippen molar-refractivity contribution in [2.75, 3.05) is 13.2 Å². The first-order valence-electron chi connectivity index (χ1n) is 7.80. The fraction of sp³-hybridized carbons (Fsp3) is 0.733. The van der Waals surface area contributed by atoms with E-state index in [2.05, 4.69) is 5.32 Å². The summed E-state index contributed by atoms with van der Waals surface area (Å²) in [5, 5.41) is 2.55. The third-order valence-corrected chi connectivity index (χ3v) is 2.93. The van der Waals surface area contributed by atoms with E-state index in [1.165, 1.54) is 0 Å². The molecule has 0 aliphatic rings. The summed E-state index contributed by atoms with van der Waals surface area (Å²) in [6.07, 6.45) is 1.52. The molecule has 8 heteroatoms. The normalized spacial score (nSPS) is 11.4. The molecule has 0 saturated heterocycles. The Morgan fingerprint density at radius 3 is 2.13 bits per heavy atom. The van der Waals surface area contributed by atoms with E-state index >= 15 is 0 Å². The van der Waals surface area contributed by atoms with Crippen LogP contribution in [0.4, 0.5) is 0 Å². The average Bonchev–Trinajstić information content (AvgIpc) is 2.48. The topological polar surface area (TPSA) is 125 Å². The lowest BCUT2D eigenvalue weighted by atomic mass is 10.1. The fourth-order valence-electron chi connectivity index (χ4n) is 1.84. The zero-order chi connectivity index (χ0) is 17.7. The maximum absolute atomic E-state index is 11.8. The molecule has 3 N–H and O–H groups in total. The Kier molecular flexibility index (Phi) is 11.3. The lowest BCUT2D eigenvalue weighted by molar-refractivity contribution is -0.148. The molecule has 0 fully saturated rings. The largest absolute Gasteiger partial charge is 0.466 e. The third kappa shape index (κ3) is 11.1. The monoisotopic (exact) mass is 330 g/mol. The molecular formula is C15H26N2O6. The predicted octanol–water partition coefficient (Wildman–Crippen LogP) is 0.423. The molecule has 0 bridgehead atoms. The first-order chi connectivity index (χ1) is 10.9. The van der Waals surface area contributed by atoms with Crippen molar-refractivity contribution in [3.8, 4) is 0 Å². The van der Waals surface area contributed by atoms with Gasteiger partial charge in [-0.05, 0) is 33.1 Å². The first kappa shape index (κ1) is 20.9. The van der Waals surface area contributed by atoms with E-state index < -0.39 is 23.9 Å². The van der Waals surface area contributed by atoms with Gasteiger partial charge >= 0.3 is 11.9 Å². The number of hydrogen-bond acceptors (Lipinski definition) is 6. The van der Waals surface area contributed by atoms with Gasteiger partial charge in [0, 0.05) is 19.3 Å². The van der Waals surface area contributed by atoms with E-state index in [0.717, 1.165) is 0 Å². The summed E-state index contributed by atoms with van der Waals surface area (Å²) >= 11 is 0. The molecule has 0 aromatic rings. The van der Waals surface area contributed by atoms with Crippen LogP contribution in [0.1, 0.15) is 52.4 Å². The minimum absolute atomic E-state index is 0.0132. The number of esters is 2. The number of primary amides is 1. The summed E-state index contributed by atoms with van der Waals surface area (Å²) in [5.74, 6) is -1.76. The Morgan fingerprint density at radius 2 is 1.57 bits per heavy atom. The minimum atomic E-state index is -0.886. The summed E-state index contributed by atoms with van der Waals surface area (Å²) in [4.78, 5) is 45.6. The minimum Gasteiger partial charge on any atom is -0.466 e. The Hall–Kier alpha value is -2.12. The molecule has 1 atom stereocenters. The quantitative estimate of drug-likeness (QED) is 0.395. The van der Waals surface area contributed by atoms with Crippen molar-refractivity contribution < 1.29 is 28.7 Å². The molecule has 0 heterocycles. The van der Waals surface area contributed by atoms with Crippen LogP contribution >= 0.6 is 0 Å². The standard InChI is InChI=1S/C15H26N2O6/c1-3-22-14(20)10-9-11(15(21)23-4-2)17-13(19)8-6-5-7-12(16)18/h11H,3-10H2,1-2H3,(H2,16,18)(H,17,19)/t11-/m0/s1. The van der Waals surface area contributed by atoms with E-state index in [1.807, 2.05) is 0 Å². The number of amides is 2. The summed E-state index contributed by atoms with van der Waals surface area (Å²) in [6, 6.07) is -0.886. The number of carbonyl (C=O) groups excluding carboxylic acids is 4. The second kappa shape index (κ2) is 12.4. The molecule has 8 nitrogen and oxygen atoms in total. The van der Waals surface area contributed by atoms with Crippen LogP contribution in [0, 0.1) is 0 Å². The van der Waals surface area contributed by atoms with Crippen molar-refractivity contribution in [1.82, 2.24) is 5.32 Å². The number of nitrogens with two attached hydrogens (primary N) is 1. The summed E-state index contributed by atoms with van der Waals surface area (Å²) in [6.45, 7) is 3.79. The number of rotatable bonds is 12. The predicted molar refractivity (Wildman–Crippen MR) is 82.1 cm³/mol. The molecule has 0 saturated carbocycles. The van der Waals surface area contributed by atoms with Gasteiger partial charge in [0.05, 0.1) is 13.2 Å². The van der Waals surface area contributed by atoms with Gasteiger partial charge in [0.15, 0.2) is 0 Å². The number of nitrogens with one attached hydrogen (secondary N) is 1. The highest BCUT2D eigenvalue weighted by molar-refractivity contribution is 5.85. The van der Waals surface area contributed by atoms with Crippen LogP contribution in [0.15, 0.2) is 0 Å². The molecular weight excluding hydrogens is 304 g/mol. The Labute approximate surface area is 136 Å². The zero-order valence-electron chi connectivity index (χ0n) is 13.8. The van der Waals surface area contributed by atoms with Crippen LogP contribution < -0.4 is 11.1 Å². The summed E-state index contributed by atoms with van der Waals surface area (Å²) < 4.78 is 9.68. The third-order valence-electron chi connectivity index (χ3n) is 2.93. The maximum Gasteiger partial charge on any atom is 0.328 e. The lowest BCUT2D eigenvalue weighted by Gasteiger charge is -2.17. The van der Waals surface area contributed by atoms with Crippen molar-refractivity contribution >= 4 is 23.8 Å². The van der Waals surface area contributed by atoms with Crippen LogP contribution in [0.25, 0.3) is 0 Å². The first-order valence-corrected chi connectivity index (χ1v) is 7.80. The molecule has 132 valence electrons. The zero-order valence-corrected chi connectivity index (χ0v) is 13.8. The number of unbranched alkanes of at least 4 members (excludes halogenated alkanes) is 1. The van der Waals surface area contributed by atoms with Crippen LogP contribution in [-0.4, -0.2) is 43.0 Å². The SMILES string of the molecule is CCOC(=O)CC[C@H](NC(=O)CCCCC(N)=O)C(=O)OCC. The van der Waals surface area contributed by atoms with Gasteiger partial charge in [-0.1, -0.05) is 0 Å². The molecule has 0 radical (unpaired) electrons. The van der Waals surface area contributed by atoms with Crippen molar-refractivity contribution in [3.63, 3.8) is 0 Å². The van der Waals surface area contributed by atoms with E-state index in [1.54, 1.807) is 13.8 Å². The Balaban J connectivity index is 4.33. The van der Waals surface area contributed by atoms with Gasteiger partial charge in [-0.2, -0.15) is 0 Å². The molecule has 0 spiro atoms. The van der Waals surface area contributed by atoms with Gasteiger partial charge in [-0.25, -0.2) is 4.79 Å². The molecule has 23 heavy (non-hydrogen) atoms. The number of carbonyl (C=O) groups is 4. The Morgan fingerprint density at radius 1 is 0.957 bits per heavy atom. The highest BCUT2D eigenvalue weighted by Gasteiger charge is 2.23. The van der Waals surface area contributed by atoms with E-state index in [9.17, 15) is 19.2 Å². The van der Waals surface area contributed by atoms with E-state index in [-0.39, 0.29) is 44.8 Å². The molecule has 0 rings (SSSR count). The highest BCUT2D eigenvalue weighted by atomic mass is 16.5. The van der Waals surface area contributed by atoms with E-state index in [4.69, 9.17) is 15.2 Å². The molecule has 0 aromatic carbocycles. The van der Waals surface area contributed by atoms with Gasteiger partial charge in [-0.15, -0.1) is 0 Å². The summed E-state index contributed by atoms with van der Waals surface area (Å²) in [7, 11) is 0. The smallest absolute Gasteiger partial charge is 0.328 e. The van der Waals surface area contributed by atoms with Crippen molar-refractivity contribution in [2.45, 2.75) is 58.4 Å². The van der Waals surface area contributed by atoms with Gasteiger partial charge in [0.1, 0.15) is 6.04 Å². The van der Waals surface area contributed by atoms with Gasteiger partial charge in [0.2, 0.25) is 11.8 Å². The van der Waals surface area contributed by atoms with Crippen molar-refractivity contribution in [1.29, 1.82) is 0 Å². The number of hydrogen-bond donors (Lipinski definition) is 2. The summed E-state index contributed by atoms with van der Waals surface area (Å²) in [5.41, 5.74) is 5.01. The fourth-order valence-corrected chi connectivity index (χ4v) is 1.84. The van der Waals surface area contributed by atoms with Crippen LogP contribution in [0.3, 0.4) is 0 Å². The van der Waals surface area contributed by atoms with Crippen LogP contribution in [-0.2, 0) is 28.7 Å². The molecule has 2 amide bonds. The molecule has 0 unspecified atom stereocenters. The number of ether oxygens (including phenoxy) is 2. The van der Waals surface area contributed by atoms with Crippen LogP contribution in [0.5, 0.6) is 0 Å². The Bertz CT molecular complexity index is 411. The lowest BCUT2D eigenvalue weighted by Crippen LogP contribution is -2.42. The van der Waals surface area contributed by atoms with Gasteiger partial charge in [-0.3, -0.25) is 14.4 Å². The average molecular weight is 330 g/mol. The van der Waals surface area contributed by atoms with Crippen molar-refractivity contribution in [2.24, 2.45) is 5.73 Å². The molecule has 0 aliphatic heterocycles. The van der Waals surface area contributed by atoms with Gasteiger partial charge in [0.25, 0.3) is 0 Å². The molecule has 0 aliphatic carbocycles. The maximum atomic E-state index is 11.8.